The fraction of sp³-hybridized carbons (Fsp3) is 0.222. The Morgan fingerprint density at radius 2 is 1.73 bits per heavy atom. The van der Waals surface area contributed by atoms with E-state index >= 15 is 0 Å². The molecule has 0 aromatic heterocycles. The number of benzene rings is 2. The number of carbonyl (C=O) groups excluding carboxylic acids is 2. The Bertz CT molecular complexity index is 944. The van der Waals surface area contributed by atoms with Crippen LogP contribution in [0.3, 0.4) is 0 Å². The van der Waals surface area contributed by atoms with Gasteiger partial charge in [-0.25, -0.2) is 8.42 Å². The number of fused-ring (bicyclic) bond motifs is 1. The lowest BCUT2D eigenvalue weighted by Crippen LogP contribution is -2.48. The van der Waals surface area contributed by atoms with Crippen LogP contribution in [0.25, 0.3) is 0 Å². The first-order chi connectivity index (χ1) is 12.3. The van der Waals surface area contributed by atoms with Crippen LogP contribution >= 0.6 is 0 Å². The van der Waals surface area contributed by atoms with Crippen LogP contribution in [0.15, 0.2) is 54.6 Å². The van der Waals surface area contributed by atoms with Crippen molar-refractivity contribution in [1.29, 1.82) is 0 Å². The molecule has 1 atom stereocenters. The Balaban J connectivity index is 2.08. The summed E-state index contributed by atoms with van der Waals surface area (Å²) in [5.41, 5.74) is 1.60. The van der Waals surface area contributed by atoms with E-state index in [9.17, 15) is 18.0 Å². The summed E-state index contributed by atoms with van der Waals surface area (Å²) in [6.07, 6.45) is 1.05. The fourth-order valence-electron chi connectivity index (χ4n) is 2.91. The molecule has 0 bridgehead atoms. The van der Waals surface area contributed by atoms with E-state index in [4.69, 9.17) is 0 Å². The first kappa shape index (κ1) is 18.1. The SMILES string of the molecule is CN([C@H](C(=O)N1CC(=O)Nc2ccccc21)c1ccccc1)S(C)(=O)=O. The molecule has 3 rings (SSSR count). The number of hydrogen-bond acceptors (Lipinski definition) is 4. The van der Waals surface area contributed by atoms with Crippen molar-refractivity contribution in [1.82, 2.24) is 4.31 Å². The van der Waals surface area contributed by atoms with Crippen LogP contribution in [0.4, 0.5) is 11.4 Å². The van der Waals surface area contributed by atoms with Crippen molar-refractivity contribution in [3.05, 3.63) is 60.2 Å². The molecule has 7 nitrogen and oxygen atoms in total. The van der Waals surface area contributed by atoms with E-state index in [-0.39, 0.29) is 12.5 Å². The minimum atomic E-state index is -3.64. The third kappa shape index (κ3) is 3.47. The summed E-state index contributed by atoms with van der Waals surface area (Å²) in [6.45, 7) is -0.170. The summed E-state index contributed by atoms with van der Waals surface area (Å²) in [5, 5.41) is 2.72. The molecular weight excluding hydrogens is 354 g/mol. The molecule has 0 spiro atoms. The highest BCUT2D eigenvalue weighted by Crippen LogP contribution is 2.33. The summed E-state index contributed by atoms with van der Waals surface area (Å²) in [5.74, 6) is -0.808. The average Bonchev–Trinajstić information content (AvgIpc) is 2.61. The van der Waals surface area contributed by atoms with Gasteiger partial charge in [-0.2, -0.15) is 4.31 Å². The summed E-state index contributed by atoms with van der Waals surface area (Å²) < 4.78 is 25.3. The zero-order valence-electron chi connectivity index (χ0n) is 14.4. The molecule has 0 saturated carbocycles. The maximum Gasteiger partial charge on any atom is 0.250 e. The number of hydrogen-bond donors (Lipinski definition) is 1. The first-order valence-corrected chi connectivity index (χ1v) is 9.82. The molecule has 136 valence electrons. The van der Waals surface area contributed by atoms with E-state index in [1.54, 1.807) is 54.6 Å². The standard InChI is InChI=1S/C18H19N3O4S/c1-20(26(2,24)25)17(13-8-4-3-5-9-13)18(23)21-12-16(22)19-14-10-6-7-11-15(14)21/h3-11,17H,12H2,1-2H3,(H,19,22)/t17-/m0/s1. The number of nitrogens with zero attached hydrogens (tertiary/aromatic N) is 2. The van der Waals surface area contributed by atoms with Crippen molar-refractivity contribution in [3.8, 4) is 0 Å². The van der Waals surface area contributed by atoms with Crippen LogP contribution in [-0.2, 0) is 19.6 Å². The predicted octanol–water partition coefficient (Wildman–Crippen LogP) is 1.60. The highest BCUT2D eigenvalue weighted by Gasteiger charge is 2.37. The number of nitrogens with one attached hydrogen (secondary N) is 1. The number of anilines is 2. The number of sulfonamides is 1. The van der Waals surface area contributed by atoms with Crippen LogP contribution in [-0.4, -0.2) is 44.4 Å². The summed E-state index contributed by atoms with van der Waals surface area (Å²) in [6, 6.07) is 14.5. The lowest BCUT2D eigenvalue weighted by Gasteiger charge is -2.34. The molecule has 0 aliphatic carbocycles. The van der Waals surface area contributed by atoms with Gasteiger partial charge < -0.3 is 5.32 Å². The molecule has 1 aliphatic heterocycles. The number of likely N-dealkylation sites (N-methyl/N-ethyl adjacent to an activating group) is 1. The Kier molecular flexibility index (Phi) is 4.80. The molecule has 8 heteroatoms. The zero-order chi connectivity index (χ0) is 18.9. The summed E-state index contributed by atoms with van der Waals surface area (Å²) in [4.78, 5) is 26.7. The Morgan fingerprint density at radius 1 is 1.12 bits per heavy atom. The predicted molar refractivity (Wildman–Crippen MR) is 99.2 cm³/mol. The molecule has 1 heterocycles. The van der Waals surface area contributed by atoms with Gasteiger partial charge in [0.25, 0.3) is 5.91 Å². The van der Waals surface area contributed by atoms with Crippen LogP contribution in [0.1, 0.15) is 11.6 Å². The molecule has 2 amide bonds. The monoisotopic (exact) mass is 373 g/mol. The van der Waals surface area contributed by atoms with Gasteiger partial charge in [0.15, 0.2) is 0 Å². The van der Waals surface area contributed by atoms with Crippen LogP contribution in [0.5, 0.6) is 0 Å². The van der Waals surface area contributed by atoms with Crippen molar-refractivity contribution < 1.29 is 18.0 Å². The number of amides is 2. The van der Waals surface area contributed by atoms with Gasteiger partial charge in [-0.1, -0.05) is 42.5 Å². The molecule has 2 aromatic rings. The quantitative estimate of drug-likeness (QED) is 0.882. The molecule has 0 fully saturated rings. The van der Waals surface area contributed by atoms with E-state index in [0.29, 0.717) is 16.9 Å². The average molecular weight is 373 g/mol. The summed E-state index contributed by atoms with van der Waals surface area (Å²) >= 11 is 0. The van der Waals surface area contributed by atoms with Crippen molar-refractivity contribution >= 4 is 33.2 Å². The lowest BCUT2D eigenvalue weighted by molar-refractivity contribution is -0.124. The number of para-hydroxylation sites is 2. The minimum Gasteiger partial charge on any atom is -0.323 e. The fourth-order valence-corrected chi connectivity index (χ4v) is 3.51. The van der Waals surface area contributed by atoms with E-state index in [2.05, 4.69) is 5.32 Å². The van der Waals surface area contributed by atoms with E-state index in [1.807, 2.05) is 0 Å². The second-order valence-electron chi connectivity index (χ2n) is 6.08. The van der Waals surface area contributed by atoms with Gasteiger partial charge in [-0.15, -0.1) is 0 Å². The van der Waals surface area contributed by atoms with Crippen molar-refractivity contribution in [3.63, 3.8) is 0 Å². The van der Waals surface area contributed by atoms with E-state index < -0.39 is 22.0 Å². The molecule has 26 heavy (non-hydrogen) atoms. The lowest BCUT2D eigenvalue weighted by atomic mass is 10.0. The minimum absolute atomic E-state index is 0.170. The van der Waals surface area contributed by atoms with Crippen LogP contribution < -0.4 is 10.2 Å². The van der Waals surface area contributed by atoms with Crippen LogP contribution in [0, 0.1) is 0 Å². The van der Waals surface area contributed by atoms with Crippen LogP contribution in [0.2, 0.25) is 0 Å². The van der Waals surface area contributed by atoms with Gasteiger partial charge in [-0.3, -0.25) is 14.5 Å². The normalized spacial score (nSPS) is 15.3. The molecule has 2 aromatic carbocycles. The zero-order valence-corrected chi connectivity index (χ0v) is 15.2. The Labute approximate surface area is 152 Å². The molecule has 0 radical (unpaired) electrons. The molecule has 0 saturated heterocycles. The van der Waals surface area contributed by atoms with Gasteiger partial charge in [0.1, 0.15) is 12.6 Å². The highest BCUT2D eigenvalue weighted by atomic mass is 32.2. The van der Waals surface area contributed by atoms with Crippen molar-refractivity contribution in [2.24, 2.45) is 0 Å². The topological polar surface area (TPSA) is 86.8 Å². The third-order valence-electron chi connectivity index (χ3n) is 4.27. The maximum absolute atomic E-state index is 13.3. The summed E-state index contributed by atoms with van der Waals surface area (Å²) in [7, 11) is -2.28. The number of carbonyl (C=O) groups is 2. The maximum atomic E-state index is 13.3. The second kappa shape index (κ2) is 6.89. The molecule has 1 N–H and O–H groups in total. The Hall–Kier alpha value is -2.71. The highest BCUT2D eigenvalue weighted by molar-refractivity contribution is 7.88. The largest absolute Gasteiger partial charge is 0.323 e. The van der Waals surface area contributed by atoms with Gasteiger partial charge in [0, 0.05) is 7.05 Å². The van der Waals surface area contributed by atoms with Gasteiger partial charge in [0.2, 0.25) is 15.9 Å². The van der Waals surface area contributed by atoms with Gasteiger partial charge in [0.05, 0.1) is 17.6 Å². The first-order valence-electron chi connectivity index (χ1n) is 7.97. The Morgan fingerprint density at radius 3 is 2.38 bits per heavy atom. The number of rotatable bonds is 4. The third-order valence-corrected chi connectivity index (χ3v) is 5.53. The molecule has 1 aliphatic rings. The molecule has 0 unspecified atom stereocenters. The smallest absolute Gasteiger partial charge is 0.250 e. The van der Waals surface area contributed by atoms with Gasteiger partial charge in [-0.05, 0) is 17.7 Å². The van der Waals surface area contributed by atoms with Crippen molar-refractivity contribution in [2.75, 3.05) is 30.1 Å². The van der Waals surface area contributed by atoms with E-state index in [1.165, 1.54) is 11.9 Å². The molecular formula is C18H19N3O4S. The van der Waals surface area contributed by atoms with E-state index in [0.717, 1.165) is 10.6 Å². The van der Waals surface area contributed by atoms with Crippen molar-refractivity contribution in [2.45, 2.75) is 6.04 Å². The van der Waals surface area contributed by atoms with Gasteiger partial charge >= 0.3 is 0 Å². The second-order valence-corrected chi connectivity index (χ2v) is 8.12.